The second kappa shape index (κ2) is 9.88. The Kier molecular flexibility index (Phi) is 7.77. The summed E-state index contributed by atoms with van der Waals surface area (Å²) in [5.74, 6) is -2.51. The second-order valence-corrected chi connectivity index (χ2v) is 9.11. The molecule has 2 rings (SSSR count). The van der Waals surface area contributed by atoms with Crippen LogP contribution in [-0.2, 0) is 14.4 Å². The van der Waals surface area contributed by atoms with Crippen molar-refractivity contribution >= 4 is 40.6 Å². The first kappa shape index (κ1) is 23.6. The number of benzene rings is 1. The molecule has 0 aromatic heterocycles. The van der Waals surface area contributed by atoms with Gasteiger partial charge in [0.1, 0.15) is 0 Å². The molecule has 1 aromatic carbocycles. The van der Waals surface area contributed by atoms with Crippen molar-refractivity contribution < 1.29 is 29.1 Å². The van der Waals surface area contributed by atoms with E-state index < -0.39 is 21.9 Å². The zero-order valence-electron chi connectivity index (χ0n) is 17.3. The molecule has 0 spiro atoms. The van der Waals surface area contributed by atoms with Crippen LogP contribution < -0.4 is 5.32 Å². The monoisotopic (exact) mass is 434 g/mol. The van der Waals surface area contributed by atoms with E-state index in [1.165, 1.54) is 6.92 Å². The number of imide groups is 1. The summed E-state index contributed by atoms with van der Waals surface area (Å²) in [4.78, 5) is 59.9. The molecule has 0 saturated carbocycles. The quantitative estimate of drug-likeness (QED) is 0.330. The van der Waals surface area contributed by atoms with Gasteiger partial charge in [-0.1, -0.05) is 26.0 Å². The summed E-state index contributed by atoms with van der Waals surface area (Å²) < 4.78 is 0. The minimum Gasteiger partial charge on any atom is -0.479 e. The maximum Gasteiger partial charge on any atom is 0.340 e. The standard InChI is InChI=1S/C21H26N2O6S/c1-13(2)12-21(20(28)29,30-14(3)24)22-17(25)10-6-7-11-23-18(26)15-8-4-5-9-16(15)19(23)27/h4-5,8-9,13H,6-7,10-12H2,1-3H3,(H,22,25)(H,28,29). The molecule has 1 aliphatic rings. The van der Waals surface area contributed by atoms with Crippen molar-refractivity contribution in [2.45, 2.75) is 51.3 Å². The predicted octanol–water partition coefficient (Wildman–Crippen LogP) is 2.68. The number of carboxylic acids is 1. The Balaban J connectivity index is 1.91. The largest absolute Gasteiger partial charge is 0.479 e. The molecule has 8 nitrogen and oxygen atoms in total. The number of fused-ring (bicyclic) bond motifs is 1. The van der Waals surface area contributed by atoms with Gasteiger partial charge in [0.15, 0.2) is 9.99 Å². The van der Waals surface area contributed by atoms with E-state index in [2.05, 4.69) is 5.32 Å². The first-order chi connectivity index (χ1) is 14.1. The van der Waals surface area contributed by atoms with Gasteiger partial charge in [0.2, 0.25) is 5.91 Å². The number of hydrogen-bond donors (Lipinski definition) is 2. The number of aliphatic carboxylic acids is 1. The van der Waals surface area contributed by atoms with E-state index in [1.807, 2.05) is 13.8 Å². The fourth-order valence-corrected chi connectivity index (χ4v) is 4.57. The van der Waals surface area contributed by atoms with E-state index in [9.17, 15) is 29.1 Å². The van der Waals surface area contributed by atoms with Crippen molar-refractivity contribution in [3.8, 4) is 0 Å². The van der Waals surface area contributed by atoms with Crippen LogP contribution in [0.4, 0.5) is 0 Å². The third-order valence-corrected chi connectivity index (χ3v) is 5.69. The zero-order chi connectivity index (χ0) is 22.5. The summed E-state index contributed by atoms with van der Waals surface area (Å²) in [6.45, 7) is 5.06. The summed E-state index contributed by atoms with van der Waals surface area (Å²) in [6, 6.07) is 6.61. The maximum absolute atomic E-state index is 12.4. The van der Waals surface area contributed by atoms with Crippen molar-refractivity contribution in [1.29, 1.82) is 0 Å². The summed E-state index contributed by atoms with van der Waals surface area (Å²) in [6.07, 6.45) is 0.895. The van der Waals surface area contributed by atoms with E-state index in [0.29, 0.717) is 35.7 Å². The molecule has 162 valence electrons. The highest BCUT2D eigenvalue weighted by molar-refractivity contribution is 8.15. The molecule has 0 radical (unpaired) electrons. The first-order valence-electron chi connectivity index (χ1n) is 9.76. The van der Waals surface area contributed by atoms with Crippen LogP contribution in [0.2, 0.25) is 0 Å². The summed E-state index contributed by atoms with van der Waals surface area (Å²) in [7, 11) is 0. The highest BCUT2D eigenvalue weighted by Crippen LogP contribution is 2.31. The van der Waals surface area contributed by atoms with Crippen LogP contribution in [0.1, 0.15) is 67.2 Å². The second-order valence-electron chi connectivity index (χ2n) is 7.64. The van der Waals surface area contributed by atoms with Crippen molar-refractivity contribution in [1.82, 2.24) is 10.2 Å². The lowest BCUT2D eigenvalue weighted by molar-refractivity contribution is -0.144. The number of rotatable bonds is 10. The van der Waals surface area contributed by atoms with Gasteiger partial charge in [-0.05, 0) is 49.1 Å². The van der Waals surface area contributed by atoms with E-state index in [1.54, 1.807) is 24.3 Å². The normalized spacial score (nSPS) is 15.1. The van der Waals surface area contributed by atoms with E-state index in [0.717, 1.165) is 4.90 Å². The van der Waals surface area contributed by atoms with Gasteiger partial charge in [0.25, 0.3) is 11.8 Å². The number of unbranched alkanes of at least 4 members (excludes halogenated alkanes) is 1. The number of thioether (sulfide) groups is 1. The smallest absolute Gasteiger partial charge is 0.340 e. The number of carbonyl (C=O) groups excluding carboxylic acids is 4. The molecule has 0 saturated heterocycles. The number of nitrogens with zero attached hydrogens (tertiary/aromatic N) is 1. The molecular weight excluding hydrogens is 408 g/mol. The molecule has 1 aromatic rings. The molecular formula is C21H26N2O6S. The fraction of sp³-hybridized carbons (Fsp3) is 0.476. The van der Waals surface area contributed by atoms with E-state index >= 15 is 0 Å². The zero-order valence-corrected chi connectivity index (χ0v) is 18.1. The Morgan fingerprint density at radius 2 is 1.67 bits per heavy atom. The van der Waals surface area contributed by atoms with Crippen LogP contribution in [0, 0.1) is 5.92 Å². The number of nitrogens with one attached hydrogen (secondary N) is 1. The van der Waals surface area contributed by atoms with Crippen molar-refractivity contribution in [2.75, 3.05) is 6.54 Å². The molecule has 2 N–H and O–H groups in total. The summed E-state index contributed by atoms with van der Waals surface area (Å²) in [5, 5.41) is 11.8. The van der Waals surface area contributed by atoms with Crippen LogP contribution in [0.15, 0.2) is 24.3 Å². The topological polar surface area (TPSA) is 121 Å². The van der Waals surface area contributed by atoms with E-state index in [-0.39, 0.29) is 37.1 Å². The van der Waals surface area contributed by atoms with Crippen LogP contribution in [-0.4, -0.2) is 50.2 Å². The fourth-order valence-electron chi connectivity index (χ4n) is 3.41. The molecule has 1 aliphatic heterocycles. The van der Waals surface area contributed by atoms with Gasteiger partial charge in [-0.2, -0.15) is 0 Å². The Hall–Kier alpha value is -2.68. The number of carboxylic acid groups (broad SMARTS) is 1. The highest BCUT2D eigenvalue weighted by Gasteiger charge is 2.43. The Morgan fingerprint density at radius 1 is 1.10 bits per heavy atom. The van der Waals surface area contributed by atoms with Crippen LogP contribution in [0.5, 0.6) is 0 Å². The van der Waals surface area contributed by atoms with Crippen LogP contribution in [0.3, 0.4) is 0 Å². The lowest BCUT2D eigenvalue weighted by Gasteiger charge is -2.30. The van der Waals surface area contributed by atoms with Crippen molar-refractivity contribution in [3.63, 3.8) is 0 Å². The maximum atomic E-state index is 12.4. The molecule has 0 fully saturated rings. The van der Waals surface area contributed by atoms with Gasteiger partial charge >= 0.3 is 5.97 Å². The number of carbonyl (C=O) groups is 5. The van der Waals surface area contributed by atoms with Crippen LogP contribution in [0.25, 0.3) is 0 Å². The third-order valence-electron chi connectivity index (χ3n) is 4.61. The SMILES string of the molecule is CC(=O)SC(CC(C)C)(NC(=O)CCCCN1C(=O)c2ccccc2C1=O)C(=O)O. The van der Waals surface area contributed by atoms with Gasteiger partial charge < -0.3 is 10.4 Å². The lowest BCUT2D eigenvalue weighted by Crippen LogP contribution is -2.53. The molecule has 3 amide bonds. The van der Waals surface area contributed by atoms with Gasteiger partial charge in [-0.3, -0.25) is 24.1 Å². The number of hydrogen-bond acceptors (Lipinski definition) is 6. The Bertz CT molecular complexity index is 834. The molecule has 1 unspecified atom stereocenters. The molecule has 1 heterocycles. The molecule has 0 aliphatic carbocycles. The molecule has 9 heteroatoms. The molecule has 30 heavy (non-hydrogen) atoms. The van der Waals surface area contributed by atoms with Crippen molar-refractivity contribution in [3.05, 3.63) is 35.4 Å². The molecule has 1 atom stereocenters. The minimum absolute atomic E-state index is 0.0226. The highest BCUT2D eigenvalue weighted by atomic mass is 32.2. The van der Waals surface area contributed by atoms with Crippen LogP contribution >= 0.6 is 11.8 Å². The average Bonchev–Trinajstić information content (AvgIpc) is 2.88. The summed E-state index contributed by atoms with van der Waals surface area (Å²) >= 11 is 0.597. The molecule has 0 bridgehead atoms. The van der Waals surface area contributed by atoms with Crippen molar-refractivity contribution in [2.24, 2.45) is 5.92 Å². The lowest BCUT2D eigenvalue weighted by atomic mass is 10.0. The average molecular weight is 435 g/mol. The van der Waals surface area contributed by atoms with Gasteiger partial charge in [-0.25, -0.2) is 4.79 Å². The number of amides is 3. The first-order valence-corrected chi connectivity index (χ1v) is 10.6. The predicted molar refractivity (Wildman–Crippen MR) is 112 cm³/mol. The Labute approximate surface area is 179 Å². The van der Waals surface area contributed by atoms with Gasteiger partial charge in [0.05, 0.1) is 11.1 Å². The Morgan fingerprint density at radius 3 is 2.13 bits per heavy atom. The van der Waals surface area contributed by atoms with E-state index in [4.69, 9.17) is 0 Å². The van der Waals surface area contributed by atoms with Gasteiger partial charge in [-0.15, -0.1) is 0 Å². The minimum atomic E-state index is -1.71. The summed E-state index contributed by atoms with van der Waals surface area (Å²) in [5.41, 5.74) is 0.753. The third kappa shape index (κ3) is 5.47. The van der Waals surface area contributed by atoms with Gasteiger partial charge in [0, 0.05) is 19.9 Å².